The third-order valence-corrected chi connectivity index (χ3v) is 4.77. The molecule has 0 saturated heterocycles. The van der Waals surface area contributed by atoms with Gasteiger partial charge in [-0.05, 0) is 30.7 Å². The van der Waals surface area contributed by atoms with Crippen molar-refractivity contribution in [3.8, 4) is 11.3 Å². The topological polar surface area (TPSA) is 117 Å². The molecule has 2 aromatic heterocycles. The summed E-state index contributed by atoms with van der Waals surface area (Å²) in [5.41, 5.74) is 2.94. The molecule has 0 saturated carbocycles. The lowest BCUT2D eigenvalue weighted by Gasteiger charge is -2.02. The van der Waals surface area contributed by atoms with E-state index in [9.17, 15) is 14.4 Å². The summed E-state index contributed by atoms with van der Waals surface area (Å²) in [6.07, 6.45) is 0.759. The van der Waals surface area contributed by atoms with Gasteiger partial charge in [-0.1, -0.05) is 72.8 Å². The van der Waals surface area contributed by atoms with E-state index in [2.05, 4.69) is 9.97 Å². The molecule has 0 unspecified atom stereocenters. The van der Waals surface area contributed by atoms with Crippen LogP contribution >= 0.6 is 0 Å². The van der Waals surface area contributed by atoms with Crippen LogP contribution in [0.1, 0.15) is 43.4 Å². The van der Waals surface area contributed by atoms with Crippen LogP contribution < -0.4 is 0 Å². The highest BCUT2D eigenvalue weighted by atomic mass is 16.4. The Hall–Kier alpha value is -4.65. The van der Waals surface area contributed by atoms with Gasteiger partial charge in [0.2, 0.25) is 0 Å². The van der Waals surface area contributed by atoms with Crippen LogP contribution in [-0.2, 0) is 6.42 Å². The van der Waals surface area contributed by atoms with Crippen molar-refractivity contribution >= 4 is 17.7 Å². The summed E-state index contributed by atoms with van der Waals surface area (Å²) in [4.78, 5) is 41.4. The molecular formula is C27H22N2O5. The first-order valence-corrected chi connectivity index (χ1v) is 10.5. The molecular weight excluding hydrogens is 432 g/mol. The number of pyridine rings is 2. The second-order valence-electron chi connectivity index (χ2n) is 7.19. The zero-order valence-corrected chi connectivity index (χ0v) is 18.2. The fourth-order valence-electron chi connectivity index (χ4n) is 3.07. The van der Waals surface area contributed by atoms with E-state index in [1.54, 1.807) is 36.4 Å². The molecule has 4 aromatic rings. The molecule has 0 spiro atoms. The third kappa shape index (κ3) is 6.93. The van der Waals surface area contributed by atoms with E-state index >= 15 is 0 Å². The molecule has 4 rings (SSSR count). The molecule has 2 N–H and O–H groups in total. The largest absolute Gasteiger partial charge is 0.477 e. The molecule has 0 radical (unpaired) electrons. The molecule has 0 atom stereocenters. The van der Waals surface area contributed by atoms with Gasteiger partial charge in [0.1, 0.15) is 11.4 Å². The highest BCUT2D eigenvalue weighted by Crippen LogP contribution is 2.16. The maximum absolute atomic E-state index is 11.9. The third-order valence-electron chi connectivity index (χ3n) is 4.77. The standard InChI is InChI=1S/C15H13NO3.C12H9NO2/c17-14(11-5-2-1-3-6-11)10-9-12-7-4-8-13(16-12)15(18)19;14-12(15)11-8-4-7-10(13-11)9-5-2-1-3-6-9/h1-8H,9-10H2,(H,18,19);1-8H,(H,14,15). The zero-order valence-electron chi connectivity index (χ0n) is 18.2. The number of benzene rings is 2. The van der Waals surface area contributed by atoms with E-state index in [4.69, 9.17) is 10.2 Å². The second-order valence-corrected chi connectivity index (χ2v) is 7.19. The average molecular weight is 454 g/mol. The monoisotopic (exact) mass is 454 g/mol. The van der Waals surface area contributed by atoms with E-state index < -0.39 is 11.9 Å². The number of carboxylic acid groups (broad SMARTS) is 2. The summed E-state index contributed by atoms with van der Waals surface area (Å²) in [6.45, 7) is 0. The quantitative estimate of drug-likeness (QED) is 0.376. The number of carboxylic acids is 2. The Balaban J connectivity index is 0.000000196. The fourth-order valence-corrected chi connectivity index (χ4v) is 3.07. The SMILES string of the molecule is O=C(CCc1cccc(C(=O)O)n1)c1ccccc1.O=C(O)c1cccc(-c2ccccc2)n1. The number of ketones is 1. The van der Waals surface area contributed by atoms with Gasteiger partial charge < -0.3 is 10.2 Å². The van der Waals surface area contributed by atoms with Gasteiger partial charge in [-0.2, -0.15) is 0 Å². The Morgan fingerprint density at radius 2 is 1.18 bits per heavy atom. The van der Waals surface area contributed by atoms with Crippen molar-refractivity contribution in [3.05, 3.63) is 120 Å². The van der Waals surface area contributed by atoms with Gasteiger partial charge in [0.15, 0.2) is 5.78 Å². The van der Waals surface area contributed by atoms with Gasteiger partial charge in [-0.3, -0.25) is 4.79 Å². The number of hydrogen-bond acceptors (Lipinski definition) is 5. The molecule has 2 aromatic carbocycles. The van der Waals surface area contributed by atoms with E-state index in [0.29, 0.717) is 29.8 Å². The van der Waals surface area contributed by atoms with E-state index in [0.717, 1.165) is 5.56 Å². The van der Waals surface area contributed by atoms with Gasteiger partial charge in [-0.25, -0.2) is 19.6 Å². The fraction of sp³-hybridized carbons (Fsp3) is 0.0741. The number of Topliss-reactive ketones (excluding diaryl/α,β-unsaturated/α-hetero) is 1. The molecule has 0 aliphatic rings. The highest BCUT2D eigenvalue weighted by molar-refractivity contribution is 5.96. The maximum Gasteiger partial charge on any atom is 0.354 e. The summed E-state index contributed by atoms with van der Waals surface area (Å²) < 4.78 is 0. The molecule has 0 aliphatic heterocycles. The van der Waals surface area contributed by atoms with Crippen LogP contribution in [0.5, 0.6) is 0 Å². The Morgan fingerprint density at radius 3 is 1.79 bits per heavy atom. The van der Waals surface area contributed by atoms with Crippen LogP contribution in [0.4, 0.5) is 0 Å². The van der Waals surface area contributed by atoms with Crippen LogP contribution in [0, 0.1) is 0 Å². The smallest absolute Gasteiger partial charge is 0.354 e. The summed E-state index contributed by atoms with van der Waals surface area (Å²) in [7, 11) is 0. The van der Waals surface area contributed by atoms with Crippen molar-refractivity contribution in [2.24, 2.45) is 0 Å². The Labute approximate surface area is 196 Å². The van der Waals surface area contributed by atoms with Crippen LogP contribution in [0.15, 0.2) is 97.1 Å². The summed E-state index contributed by atoms with van der Waals surface area (Å²) >= 11 is 0. The number of carbonyl (C=O) groups is 3. The number of rotatable bonds is 7. The van der Waals surface area contributed by atoms with Crippen molar-refractivity contribution < 1.29 is 24.6 Å². The summed E-state index contributed by atoms with van der Waals surface area (Å²) in [5, 5.41) is 17.6. The molecule has 0 bridgehead atoms. The molecule has 0 fully saturated rings. The predicted octanol–water partition coefficient (Wildman–Crippen LogP) is 5.04. The Bertz CT molecular complexity index is 1270. The molecule has 0 amide bonds. The van der Waals surface area contributed by atoms with E-state index in [-0.39, 0.29) is 17.2 Å². The average Bonchev–Trinajstić information content (AvgIpc) is 2.89. The number of aryl methyl sites for hydroxylation is 1. The van der Waals surface area contributed by atoms with E-state index in [1.807, 2.05) is 48.5 Å². The van der Waals surface area contributed by atoms with Gasteiger partial charge in [-0.15, -0.1) is 0 Å². The molecule has 0 aliphatic carbocycles. The lowest BCUT2D eigenvalue weighted by Crippen LogP contribution is -2.05. The van der Waals surface area contributed by atoms with Gasteiger partial charge in [0, 0.05) is 23.2 Å². The Morgan fingerprint density at radius 1 is 0.618 bits per heavy atom. The lowest BCUT2D eigenvalue weighted by molar-refractivity contribution is 0.0679. The molecule has 7 heteroatoms. The second kappa shape index (κ2) is 11.8. The van der Waals surface area contributed by atoms with Crippen molar-refractivity contribution in [1.82, 2.24) is 9.97 Å². The number of nitrogens with zero attached hydrogens (tertiary/aromatic N) is 2. The minimum Gasteiger partial charge on any atom is -0.477 e. The minimum atomic E-state index is -1.06. The van der Waals surface area contributed by atoms with Crippen molar-refractivity contribution in [3.63, 3.8) is 0 Å². The van der Waals surface area contributed by atoms with Crippen LogP contribution in [0.2, 0.25) is 0 Å². The van der Waals surface area contributed by atoms with Crippen LogP contribution in [0.25, 0.3) is 11.3 Å². The first-order valence-electron chi connectivity index (χ1n) is 10.5. The van der Waals surface area contributed by atoms with Gasteiger partial charge in [0.05, 0.1) is 5.69 Å². The van der Waals surface area contributed by atoms with Crippen molar-refractivity contribution in [1.29, 1.82) is 0 Å². The summed E-state index contributed by atoms with van der Waals surface area (Å²) in [6, 6.07) is 28.3. The molecule has 170 valence electrons. The normalized spacial score (nSPS) is 10.0. The number of carbonyl (C=O) groups excluding carboxylic acids is 1. The highest BCUT2D eigenvalue weighted by Gasteiger charge is 2.09. The van der Waals surface area contributed by atoms with Crippen LogP contribution in [0.3, 0.4) is 0 Å². The van der Waals surface area contributed by atoms with Gasteiger partial charge in [0.25, 0.3) is 0 Å². The first kappa shape index (κ1) is 24.0. The minimum absolute atomic E-state index is 0.00431. The number of aromatic nitrogens is 2. The van der Waals surface area contributed by atoms with Gasteiger partial charge >= 0.3 is 11.9 Å². The van der Waals surface area contributed by atoms with Crippen LogP contribution in [-0.4, -0.2) is 37.9 Å². The number of aromatic carboxylic acids is 2. The molecule has 34 heavy (non-hydrogen) atoms. The first-order chi connectivity index (χ1) is 16.4. The maximum atomic E-state index is 11.9. The number of hydrogen-bond donors (Lipinski definition) is 2. The Kier molecular flexibility index (Phi) is 8.35. The lowest BCUT2D eigenvalue weighted by atomic mass is 10.1. The summed E-state index contributed by atoms with van der Waals surface area (Å²) in [5.74, 6) is -2.04. The zero-order chi connectivity index (χ0) is 24.3. The predicted molar refractivity (Wildman–Crippen MR) is 127 cm³/mol. The van der Waals surface area contributed by atoms with E-state index in [1.165, 1.54) is 12.1 Å². The van der Waals surface area contributed by atoms with Crippen molar-refractivity contribution in [2.75, 3.05) is 0 Å². The molecule has 7 nitrogen and oxygen atoms in total. The van der Waals surface area contributed by atoms with Crippen molar-refractivity contribution in [2.45, 2.75) is 12.8 Å². The molecule has 2 heterocycles.